The van der Waals surface area contributed by atoms with Crippen molar-refractivity contribution in [3.05, 3.63) is 53.9 Å². The molecule has 0 atom stereocenters. The van der Waals surface area contributed by atoms with Crippen molar-refractivity contribution in [1.29, 1.82) is 0 Å². The number of para-hydroxylation sites is 1. The Morgan fingerprint density at radius 2 is 1.84 bits per heavy atom. The van der Waals surface area contributed by atoms with Crippen molar-refractivity contribution in [3.8, 4) is 5.75 Å². The second-order valence-electron chi connectivity index (χ2n) is 4.40. The van der Waals surface area contributed by atoms with Crippen molar-refractivity contribution in [2.24, 2.45) is 0 Å². The van der Waals surface area contributed by atoms with Crippen LogP contribution in [0.4, 0.5) is 5.69 Å². The molecule has 0 saturated carbocycles. The molecule has 4 nitrogen and oxygen atoms in total. The molecular formula is C15H18N2O2. The van der Waals surface area contributed by atoms with Gasteiger partial charge in [0, 0.05) is 17.9 Å². The van der Waals surface area contributed by atoms with Gasteiger partial charge in [0.1, 0.15) is 11.4 Å². The Bertz CT molecular complexity index is 529. The van der Waals surface area contributed by atoms with Crippen LogP contribution in [-0.4, -0.2) is 28.3 Å². The highest BCUT2D eigenvalue weighted by atomic mass is 16.3. The summed E-state index contributed by atoms with van der Waals surface area (Å²) in [6, 6.07) is 13.2. The maximum absolute atomic E-state index is 9.85. The maximum atomic E-state index is 9.85. The van der Waals surface area contributed by atoms with Crippen molar-refractivity contribution >= 4 is 5.69 Å². The van der Waals surface area contributed by atoms with E-state index in [2.05, 4.69) is 4.98 Å². The van der Waals surface area contributed by atoms with E-state index in [1.165, 1.54) is 0 Å². The molecule has 0 aliphatic heterocycles. The summed E-state index contributed by atoms with van der Waals surface area (Å²) in [5.74, 6) is 0.185. The zero-order valence-corrected chi connectivity index (χ0v) is 11.0. The van der Waals surface area contributed by atoms with E-state index in [0.29, 0.717) is 18.8 Å². The highest BCUT2D eigenvalue weighted by Crippen LogP contribution is 2.21. The number of aromatic nitrogens is 1. The topological polar surface area (TPSA) is 56.6 Å². The first-order valence-electron chi connectivity index (χ1n) is 6.27. The van der Waals surface area contributed by atoms with Gasteiger partial charge < -0.3 is 15.1 Å². The third-order valence-corrected chi connectivity index (χ3v) is 2.92. The van der Waals surface area contributed by atoms with Crippen LogP contribution in [0.2, 0.25) is 0 Å². The van der Waals surface area contributed by atoms with E-state index < -0.39 is 0 Å². The number of aromatic hydroxyl groups is 1. The Balaban J connectivity index is 2.24. The Kier molecular flexibility index (Phi) is 4.36. The molecule has 0 spiro atoms. The van der Waals surface area contributed by atoms with Gasteiger partial charge in [-0.3, -0.25) is 4.98 Å². The molecule has 19 heavy (non-hydrogen) atoms. The van der Waals surface area contributed by atoms with Crippen LogP contribution < -0.4 is 4.90 Å². The van der Waals surface area contributed by atoms with Crippen LogP contribution in [-0.2, 0) is 6.54 Å². The van der Waals surface area contributed by atoms with Crippen molar-refractivity contribution in [1.82, 2.24) is 4.98 Å². The molecule has 0 fully saturated rings. The largest absolute Gasteiger partial charge is 0.506 e. The van der Waals surface area contributed by atoms with Gasteiger partial charge in [0.2, 0.25) is 0 Å². The van der Waals surface area contributed by atoms with Crippen molar-refractivity contribution in [2.45, 2.75) is 13.5 Å². The highest BCUT2D eigenvalue weighted by Gasteiger charge is 2.10. The van der Waals surface area contributed by atoms with Gasteiger partial charge in [-0.1, -0.05) is 18.2 Å². The summed E-state index contributed by atoms with van der Waals surface area (Å²) in [7, 11) is 0. The number of benzene rings is 1. The molecule has 0 amide bonds. The molecule has 0 aliphatic rings. The molecule has 4 heteroatoms. The SMILES string of the molecule is Cc1ccc(O)c(CN(CCO)c2ccccc2)n1. The van der Waals surface area contributed by atoms with Crippen LogP contribution >= 0.6 is 0 Å². The van der Waals surface area contributed by atoms with Crippen molar-refractivity contribution in [2.75, 3.05) is 18.1 Å². The number of pyridine rings is 1. The third kappa shape index (κ3) is 3.45. The molecule has 0 radical (unpaired) electrons. The normalized spacial score (nSPS) is 10.4. The number of aliphatic hydroxyl groups is 1. The summed E-state index contributed by atoms with van der Waals surface area (Å²) < 4.78 is 0. The molecule has 0 unspecified atom stereocenters. The highest BCUT2D eigenvalue weighted by molar-refractivity contribution is 5.47. The second kappa shape index (κ2) is 6.20. The summed E-state index contributed by atoms with van der Waals surface area (Å²) >= 11 is 0. The molecule has 2 aromatic rings. The predicted octanol–water partition coefficient (Wildman–Crippen LogP) is 2.09. The number of aliphatic hydroxyl groups excluding tert-OH is 1. The molecule has 0 bridgehead atoms. The second-order valence-corrected chi connectivity index (χ2v) is 4.40. The van der Waals surface area contributed by atoms with Gasteiger partial charge in [-0.2, -0.15) is 0 Å². The average Bonchev–Trinajstić information content (AvgIpc) is 2.43. The molecule has 1 heterocycles. The van der Waals surface area contributed by atoms with Gasteiger partial charge in [0.25, 0.3) is 0 Å². The first-order valence-corrected chi connectivity index (χ1v) is 6.27. The number of anilines is 1. The smallest absolute Gasteiger partial charge is 0.138 e. The first-order chi connectivity index (χ1) is 9.20. The molecular weight excluding hydrogens is 240 g/mol. The van der Waals surface area contributed by atoms with Crippen LogP contribution in [0.25, 0.3) is 0 Å². The number of nitrogens with zero attached hydrogens (tertiary/aromatic N) is 2. The molecule has 0 saturated heterocycles. The monoisotopic (exact) mass is 258 g/mol. The lowest BCUT2D eigenvalue weighted by Crippen LogP contribution is -2.26. The van der Waals surface area contributed by atoms with E-state index in [1.807, 2.05) is 42.2 Å². The van der Waals surface area contributed by atoms with E-state index in [9.17, 15) is 10.2 Å². The van der Waals surface area contributed by atoms with Crippen LogP contribution in [0.1, 0.15) is 11.4 Å². The standard InChI is InChI=1S/C15H18N2O2/c1-12-7-8-15(19)14(16-12)11-17(9-10-18)13-5-3-2-4-6-13/h2-8,18-19H,9-11H2,1H3. The fraction of sp³-hybridized carbons (Fsp3) is 0.267. The van der Waals surface area contributed by atoms with E-state index in [-0.39, 0.29) is 12.4 Å². The van der Waals surface area contributed by atoms with Gasteiger partial charge in [-0.05, 0) is 31.2 Å². The number of hydrogen-bond donors (Lipinski definition) is 2. The Morgan fingerprint density at radius 1 is 1.11 bits per heavy atom. The lowest BCUT2D eigenvalue weighted by molar-refractivity contribution is 0.301. The Morgan fingerprint density at radius 3 is 2.53 bits per heavy atom. The van der Waals surface area contributed by atoms with Crippen molar-refractivity contribution < 1.29 is 10.2 Å². The van der Waals surface area contributed by atoms with Crippen LogP contribution in [0.5, 0.6) is 5.75 Å². The summed E-state index contributed by atoms with van der Waals surface area (Å²) in [5, 5.41) is 19.0. The zero-order valence-electron chi connectivity index (χ0n) is 11.0. The molecule has 1 aromatic heterocycles. The number of hydrogen-bond acceptors (Lipinski definition) is 4. The third-order valence-electron chi connectivity index (χ3n) is 2.92. The van der Waals surface area contributed by atoms with Crippen molar-refractivity contribution in [3.63, 3.8) is 0 Å². The maximum Gasteiger partial charge on any atom is 0.138 e. The van der Waals surface area contributed by atoms with Gasteiger partial charge >= 0.3 is 0 Å². The summed E-state index contributed by atoms with van der Waals surface area (Å²) in [4.78, 5) is 6.33. The predicted molar refractivity (Wildman–Crippen MR) is 75.2 cm³/mol. The minimum Gasteiger partial charge on any atom is -0.506 e. The number of aryl methyl sites for hydroxylation is 1. The Labute approximate surface area is 113 Å². The van der Waals surface area contributed by atoms with Gasteiger partial charge in [0.05, 0.1) is 13.2 Å². The van der Waals surface area contributed by atoms with E-state index in [0.717, 1.165) is 11.4 Å². The molecule has 1 aromatic carbocycles. The minimum atomic E-state index is 0.0570. The quantitative estimate of drug-likeness (QED) is 0.862. The lowest BCUT2D eigenvalue weighted by atomic mass is 10.2. The molecule has 2 rings (SSSR count). The average molecular weight is 258 g/mol. The van der Waals surface area contributed by atoms with E-state index >= 15 is 0 Å². The van der Waals surface area contributed by atoms with Gasteiger partial charge in [-0.25, -0.2) is 0 Å². The van der Waals surface area contributed by atoms with Gasteiger partial charge in [0.15, 0.2) is 0 Å². The fourth-order valence-corrected chi connectivity index (χ4v) is 1.96. The summed E-state index contributed by atoms with van der Waals surface area (Å²) in [6.45, 7) is 2.92. The van der Waals surface area contributed by atoms with E-state index in [1.54, 1.807) is 12.1 Å². The fourth-order valence-electron chi connectivity index (χ4n) is 1.96. The molecule has 2 N–H and O–H groups in total. The van der Waals surface area contributed by atoms with Crippen LogP contribution in [0.15, 0.2) is 42.5 Å². The molecule has 0 aliphatic carbocycles. The first kappa shape index (κ1) is 13.4. The summed E-state index contributed by atoms with van der Waals surface area (Å²) in [5.41, 5.74) is 2.49. The Hall–Kier alpha value is -2.07. The summed E-state index contributed by atoms with van der Waals surface area (Å²) in [6.07, 6.45) is 0. The number of rotatable bonds is 5. The minimum absolute atomic E-state index is 0.0570. The lowest BCUT2D eigenvalue weighted by Gasteiger charge is -2.24. The van der Waals surface area contributed by atoms with E-state index in [4.69, 9.17) is 0 Å². The van der Waals surface area contributed by atoms with Crippen LogP contribution in [0.3, 0.4) is 0 Å². The van der Waals surface area contributed by atoms with Crippen LogP contribution in [0, 0.1) is 6.92 Å². The van der Waals surface area contributed by atoms with Gasteiger partial charge in [-0.15, -0.1) is 0 Å². The molecule has 100 valence electrons. The zero-order chi connectivity index (χ0) is 13.7.